The van der Waals surface area contributed by atoms with Gasteiger partial charge in [-0.2, -0.15) is 0 Å². The average molecular weight is 221 g/mol. The Labute approximate surface area is 70.7 Å². The van der Waals surface area contributed by atoms with Gasteiger partial charge in [0, 0.05) is 0 Å². The third kappa shape index (κ3) is 1.41. The molecule has 54 valence electrons. The Morgan fingerprint density at radius 3 is 2.90 bits per heavy atom. The Balaban J connectivity index is 2.93. The third-order valence-corrected chi connectivity index (χ3v) is 2.40. The number of ketones is 1. The Morgan fingerprint density at radius 1 is 1.80 bits per heavy atom. The van der Waals surface area contributed by atoms with Crippen LogP contribution in [-0.4, -0.2) is 20.7 Å². The molecule has 10 heavy (non-hydrogen) atoms. The Bertz CT molecular complexity index is 248. The predicted octanol–water partition coefficient (Wildman–Crippen LogP) is 1.42. The van der Waals surface area contributed by atoms with E-state index in [-0.39, 0.29) is 5.78 Å². The fourth-order valence-corrected chi connectivity index (χ4v) is 1.61. The highest BCUT2D eigenvalue weighted by Gasteiger charge is 2.10. The molecule has 0 amide bonds. The average Bonchev–Trinajstić information content (AvgIpc) is 2.34. The molecule has 0 bridgehead atoms. The first-order chi connectivity index (χ1) is 4.75. The monoisotopic (exact) mass is 220 g/mol. The molecule has 3 nitrogen and oxygen atoms in total. The summed E-state index contributed by atoms with van der Waals surface area (Å²) in [4.78, 5) is 11.6. The standard InChI is InChI=1S/C5H5BrN2OS/c1-3-5(4(9)2-6)10-8-7-3/h2H2,1H3. The lowest BCUT2D eigenvalue weighted by Gasteiger charge is -1.87. The lowest BCUT2D eigenvalue weighted by atomic mass is 10.3. The smallest absolute Gasteiger partial charge is 0.186 e. The second kappa shape index (κ2) is 3.21. The molecule has 0 saturated heterocycles. The largest absolute Gasteiger partial charge is 0.292 e. The Kier molecular flexibility index (Phi) is 2.50. The van der Waals surface area contributed by atoms with Gasteiger partial charge in [0.25, 0.3) is 0 Å². The number of nitrogens with zero attached hydrogens (tertiary/aromatic N) is 2. The third-order valence-electron chi connectivity index (χ3n) is 1.03. The predicted molar refractivity (Wildman–Crippen MR) is 42.8 cm³/mol. The van der Waals surface area contributed by atoms with E-state index < -0.39 is 0 Å². The summed E-state index contributed by atoms with van der Waals surface area (Å²) < 4.78 is 3.64. The van der Waals surface area contributed by atoms with Crippen LogP contribution in [0.2, 0.25) is 0 Å². The number of carbonyl (C=O) groups excluding carboxylic acids is 1. The molecule has 0 unspecified atom stereocenters. The molecule has 0 fully saturated rings. The first kappa shape index (κ1) is 7.81. The molecule has 0 N–H and O–H groups in total. The van der Waals surface area contributed by atoms with E-state index in [4.69, 9.17) is 0 Å². The molecule has 0 atom stereocenters. The highest BCUT2D eigenvalue weighted by atomic mass is 79.9. The van der Waals surface area contributed by atoms with Crippen molar-refractivity contribution >= 4 is 33.2 Å². The van der Waals surface area contributed by atoms with Gasteiger partial charge in [-0.05, 0) is 18.5 Å². The minimum atomic E-state index is 0.0486. The van der Waals surface area contributed by atoms with Crippen LogP contribution in [0.25, 0.3) is 0 Å². The van der Waals surface area contributed by atoms with Crippen LogP contribution in [0.4, 0.5) is 0 Å². The number of halogens is 1. The number of aromatic nitrogens is 2. The normalized spacial score (nSPS) is 9.80. The van der Waals surface area contributed by atoms with Crippen molar-refractivity contribution in [3.8, 4) is 0 Å². The van der Waals surface area contributed by atoms with Crippen LogP contribution in [0.3, 0.4) is 0 Å². The highest BCUT2D eigenvalue weighted by Crippen LogP contribution is 2.10. The van der Waals surface area contributed by atoms with Crippen LogP contribution in [-0.2, 0) is 0 Å². The zero-order chi connectivity index (χ0) is 7.56. The van der Waals surface area contributed by atoms with Gasteiger partial charge in [-0.3, -0.25) is 4.79 Å². The summed E-state index contributed by atoms with van der Waals surface area (Å²) in [7, 11) is 0. The molecule has 1 aromatic rings. The van der Waals surface area contributed by atoms with Gasteiger partial charge in [-0.1, -0.05) is 20.4 Å². The van der Waals surface area contributed by atoms with E-state index in [1.165, 1.54) is 0 Å². The molecule has 0 aliphatic heterocycles. The van der Waals surface area contributed by atoms with Gasteiger partial charge in [0.2, 0.25) is 0 Å². The van der Waals surface area contributed by atoms with Crippen LogP contribution in [0.5, 0.6) is 0 Å². The van der Waals surface area contributed by atoms with Crippen molar-refractivity contribution < 1.29 is 4.79 Å². The van der Waals surface area contributed by atoms with Gasteiger partial charge >= 0.3 is 0 Å². The minimum absolute atomic E-state index is 0.0486. The first-order valence-corrected chi connectivity index (χ1v) is 4.53. The lowest BCUT2D eigenvalue weighted by molar-refractivity contribution is 0.102. The van der Waals surface area contributed by atoms with Crippen molar-refractivity contribution in [1.29, 1.82) is 0 Å². The molecular weight excluding hydrogens is 216 g/mol. The van der Waals surface area contributed by atoms with Gasteiger partial charge in [-0.25, -0.2) is 0 Å². The summed E-state index contributed by atoms with van der Waals surface area (Å²) in [6.07, 6.45) is 0. The number of aryl methyl sites for hydroxylation is 1. The van der Waals surface area contributed by atoms with E-state index in [2.05, 4.69) is 25.5 Å². The van der Waals surface area contributed by atoms with E-state index >= 15 is 0 Å². The number of hydrogen-bond donors (Lipinski definition) is 0. The maximum Gasteiger partial charge on any atom is 0.186 e. The summed E-state index contributed by atoms with van der Waals surface area (Å²) >= 11 is 4.21. The first-order valence-electron chi connectivity index (χ1n) is 2.64. The molecule has 0 aliphatic rings. The van der Waals surface area contributed by atoms with Crippen molar-refractivity contribution in [3.05, 3.63) is 10.6 Å². The second-order valence-corrected chi connectivity index (χ2v) is 3.06. The molecule has 0 spiro atoms. The Morgan fingerprint density at radius 2 is 2.50 bits per heavy atom. The van der Waals surface area contributed by atoms with Crippen molar-refractivity contribution in [2.45, 2.75) is 6.92 Å². The maximum absolute atomic E-state index is 11.0. The number of Topliss-reactive ketones (excluding diaryl/α,β-unsaturated/α-hetero) is 1. The van der Waals surface area contributed by atoms with Crippen LogP contribution < -0.4 is 0 Å². The van der Waals surface area contributed by atoms with Gasteiger partial charge in [0.05, 0.1) is 11.0 Å². The van der Waals surface area contributed by atoms with E-state index in [1.807, 2.05) is 0 Å². The van der Waals surface area contributed by atoms with Gasteiger partial charge in [0.1, 0.15) is 4.88 Å². The molecule has 5 heteroatoms. The quantitative estimate of drug-likeness (QED) is 0.560. The van der Waals surface area contributed by atoms with Crippen molar-refractivity contribution in [1.82, 2.24) is 9.59 Å². The van der Waals surface area contributed by atoms with E-state index in [0.717, 1.165) is 17.2 Å². The highest BCUT2D eigenvalue weighted by molar-refractivity contribution is 9.09. The van der Waals surface area contributed by atoms with E-state index in [9.17, 15) is 4.79 Å². The van der Waals surface area contributed by atoms with Crippen LogP contribution in [0.1, 0.15) is 15.4 Å². The van der Waals surface area contributed by atoms with Crippen LogP contribution >= 0.6 is 27.5 Å². The number of hydrogen-bond acceptors (Lipinski definition) is 4. The Hall–Kier alpha value is -0.290. The van der Waals surface area contributed by atoms with E-state index in [0.29, 0.717) is 10.2 Å². The summed E-state index contributed by atoms with van der Waals surface area (Å²) in [5, 5.41) is 4.06. The fourth-order valence-electron chi connectivity index (χ4n) is 0.547. The molecule has 0 saturated carbocycles. The van der Waals surface area contributed by atoms with Gasteiger partial charge in [-0.15, -0.1) is 5.10 Å². The van der Waals surface area contributed by atoms with Crippen molar-refractivity contribution in [2.24, 2.45) is 0 Å². The van der Waals surface area contributed by atoms with Gasteiger partial charge in [0.15, 0.2) is 5.78 Å². The molecule has 1 rings (SSSR count). The molecular formula is C5H5BrN2OS. The van der Waals surface area contributed by atoms with Crippen LogP contribution in [0, 0.1) is 6.92 Å². The summed E-state index contributed by atoms with van der Waals surface area (Å²) in [6, 6.07) is 0. The minimum Gasteiger partial charge on any atom is -0.292 e. The molecule has 0 radical (unpaired) electrons. The van der Waals surface area contributed by atoms with Crippen molar-refractivity contribution in [3.63, 3.8) is 0 Å². The zero-order valence-electron chi connectivity index (χ0n) is 5.30. The number of alkyl halides is 1. The van der Waals surface area contributed by atoms with E-state index in [1.54, 1.807) is 6.92 Å². The topological polar surface area (TPSA) is 42.9 Å². The molecule has 1 aromatic heterocycles. The zero-order valence-corrected chi connectivity index (χ0v) is 7.70. The molecule has 1 heterocycles. The number of carbonyl (C=O) groups is 1. The molecule has 0 aliphatic carbocycles. The maximum atomic E-state index is 11.0. The summed E-state index contributed by atoms with van der Waals surface area (Å²) in [6.45, 7) is 1.78. The van der Waals surface area contributed by atoms with Crippen LogP contribution in [0.15, 0.2) is 0 Å². The second-order valence-electron chi connectivity index (χ2n) is 1.74. The lowest BCUT2D eigenvalue weighted by Crippen LogP contribution is -1.98. The summed E-state index contributed by atoms with van der Waals surface area (Å²) in [5.74, 6) is 0.0486. The summed E-state index contributed by atoms with van der Waals surface area (Å²) in [5.41, 5.74) is 0.717. The number of rotatable bonds is 2. The van der Waals surface area contributed by atoms with Crippen molar-refractivity contribution in [2.75, 3.05) is 5.33 Å². The fraction of sp³-hybridized carbons (Fsp3) is 0.400. The SMILES string of the molecule is Cc1nnsc1C(=O)CBr. The molecule has 0 aromatic carbocycles. The van der Waals surface area contributed by atoms with Gasteiger partial charge < -0.3 is 0 Å².